The molecule has 1 aromatic carbocycles. The summed E-state index contributed by atoms with van der Waals surface area (Å²) >= 11 is 3.01. The zero-order valence-corrected chi connectivity index (χ0v) is 26.4. The highest BCUT2D eigenvalue weighted by Crippen LogP contribution is 2.38. The molecule has 0 N–H and O–H groups in total. The van der Waals surface area contributed by atoms with Crippen molar-refractivity contribution in [3.05, 3.63) is 99.8 Å². The van der Waals surface area contributed by atoms with Gasteiger partial charge in [-0.1, -0.05) is 23.5 Å². The van der Waals surface area contributed by atoms with Crippen molar-refractivity contribution in [2.75, 3.05) is 13.7 Å². The minimum absolute atomic E-state index is 0.210. The SMILES string of the molecule is CCOC(=O)C1=C(C)N=c2s/c(=C/c3cc(C)n(-c4sc5c(c4C#N)CCCC5)c3C)c(=O)n2[C@H]1c1cccc(OC)c1. The van der Waals surface area contributed by atoms with E-state index in [2.05, 4.69) is 16.7 Å². The van der Waals surface area contributed by atoms with E-state index in [1.807, 2.05) is 44.2 Å². The number of esters is 1. The molecule has 6 rings (SSSR count). The first-order valence-corrected chi connectivity index (χ1v) is 16.0. The number of methoxy groups -OCH3 is 1. The first-order chi connectivity index (χ1) is 20.8. The van der Waals surface area contributed by atoms with Gasteiger partial charge in [-0.15, -0.1) is 11.3 Å². The van der Waals surface area contributed by atoms with E-state index < -0.39 is 12.0 Å². The molecule has 0 amide bonds. The Bertz CT molecular complexity index is 2030. The topological polar surface area (TPSA) is 98.6 Å². The number of thiazole rings is 1. The average Bonchev–Trinajstić information content (AvgIpc) is 3.61. The van der Waals surface area contributed by atoms with E-state index in [0.29, 0.717) is 26.4 Å². The summed E-state index contributed by atoms with van der Waals surface area (Å²) < 4.78 is 15.1. The molecule has 4 heterocycles. The molecule has 0 unspecified atom stereocenters. The monoisotopic (exact) mass is 612 g/mol. The number of hydrogen-bond donors (Lipinski definition) is 0. The molecule has 0 saturated carbocycles. The molecule has 0 spiro atoms. The standard InChI is InChI=1S/C33H32N4O4S2/c1-6-41-32(39)28-19(3)35-33-37(29(28)21-10-9-11-23(15-21)40-5)30(38)27(43-33)16-22-14-18(2)36(20(22)4)31-25(17-34)24-12-7-8-13-26(24)42-31/h9-11,14-16,29H,6-8,12-13H2,1-5H3/b27-16+/t29-/m0/s1. The van der Waals surface area contributed by atoms with E-state index in [1.54, 1.807) is 36.9 Å². The summed E-state index contributed by atoms with van der Waals surface area (Å²) in [5.41, 5.74) is 6.17. The summed E-state index contributed by atoms with van der Waals surface area (Å²) in [6, 6.07) is 11.2. The molecule has 4 aromatic rings. The maximum absolute atomic E-state index is 14.1. The molecule has 0 saturated heterocycles. The highest BCUT2D eigenvalue weighted by atomic mass is 32.1. The summed E-state index contributed by atoms with van der Waals surface area (Å²) in [5, 5.41) is 11.0. The number of thiophene rings is 1. The van der Waals surface area contributed by atoms with E-state index in [4.69, 9.17) is 14.5 Å². The van der Waals surface area contributed by atoms with Crippen LogP contribution in [0.25, 0.3) is 11.1 Å². The second-order valence-corrected chi connectivity index (χ2v) is 12.8. The smallest absolute Gasteiger partial charge is 0.338 e. The van der Waals surface area contributed by atoms with Gasteiger partial charge in [-0.25, -0.2) is 9.79 Å². The van der Waals surface area contributed by atoms with Crippen molar-refractivity contribution in [2.24, 2.45) is 4.99 Å². The highest BCUT2D eigenvalue weighted by molar-refractivity contribution is 7.15. The van der Waals surface area contributed by atoms with Gasteiger partial charge in [0.15, 0.2) is 4.80 Å². The third-order valence-electron chi connectivity index (χ3n) is 8.15. The van der Waals surface area contributed by atoms with Crippen LogP contribution in [0.2, 0.25) is 0 Å². The number of carbonyl (C=O) groups is 1. The van der Waals surface area contributed by atoms with Gasteiger partial charge in [0.25, 0.3) is 5.56 Å². The van der Waals surface area contributed by atoms with Crippen molar-refractivity contribution >= 4 is 34.7 Å². The third kappa shape index (κ3) is 4.86. The Morgan fingerprint density at radius 3 is 2.72 bits per heavy atom. The number of rotatable bonds is 6. The lowest BCUT2D eigenvalue weighted by Gasteiger charge is -2.25. The summed E-state index contributed by atoms with van der Waals surface area (Å²) in [6.07, 6.45) is 6.13. The van der Waals surface area contributed by atoms with Crippen molar-refractivity contribution in [1.82, 2.24) is 9.13 Å². The van der Waals surface area contributed by atoms with E-state index in [9.17, 15) is 14.9 Å². The number of carbonyl (C=O) groups excluding carboxylic acids is 1. The molecule has 10 heteroatoms. The van der Waals surface area contributed by atoms with Crippen molar-refractivity contribution in [1.29, 1.82) is 5.26 Å². The molecule has 220 valence electrons. The number of hydrogen-bond acceptors (Lipinski definition) is 8. The Labute approximate surface area is 257 Å². The lowest BCUT2D eigenvalue weighted by Crippen LogP contribution is -2.39. The lowest BCUT2D eigenvalue weighted by molar-refractivity contribution is -0.139. The molecular formula is C33H32N4O4S2. The first-order valence-electron chi connectivity index (χ1n) is 14.3. The number of aryl methyl sites for hydroxylation is 2. The van der Waals surface area contributed by atoms with Crippen LogP contribution in [0.4, 0.5) is 0 Å². The Morgan fingerprint density at radius 1 is 1.19 bits per heavy atom. The molecule has 43 heavy (non-hydrogen) atoms. The van der Waals surface area contributed by atoms with E-state index in [-0.39, 0.29) is 12.2 Å². The van der Waals surface area contributed by atoms with Gasteiger partial charge in [-0.3, -0.25) is 9.36 Å². The Balaban J connectivity index is 1.51. The molecule has 1 aliphatic carbocycles. The maximum Gasteiger partial charge on any atom is 0.338 e. The van der Waals surface area contributed by atoms with E-state index in [1.165, 1.54) is 21.8 Å². The number of aromatic nitrogens is 2. The van der Waals surface area contributed by atoms with Gasteiger partial charge in [-0.2, -0.15) is 5.26 Å². The molecule has 1 atom stereocenters. The zero-order chi connectivity index (χ0) is 30.4. The molecule has 1 aliphatic heterocycles. The van der Waals surface area contributed by atoms with Crippen LogP contribution in [0.5, 0.6) is 5.75 Å². The Kier molecular flexibility index (Phi) is 7.71. The highest BCUT2D eigenvalue weighted by Gasteiger charge is 2.33. The minimum atomic E-state index is -0.712. The summed E-state index contributed by atoms with van der Waals surface area (Å²) in [7, 11) is 1.58. The van der Waals surface area contributed by atoms with Gasteiger partial charge < -0.3 is 14.0 Å². The van der Waals surface area contributed by atoms with Gasteiger partial charge in [0.2, 0.25) is 0 Å². The molecule has 0 fully saturated rings. The first kappa shape index (κ1) is 28.9. The van der Waals surface area contributed by atoms with Crippen LogP contribution in [0, 0.1) is 25.2 Å². The fraction of sp³-hybridized carbons (Fsp3) is 0.333. The van der Waals surface area contributed by atoms with E-state index in [0.717, 1.165) is 58.8 Å². The van der Waals surface area contributed by atoms with Crippen LogP contribution in [-0.2, 0) is 22.4 Å². The van der Waals surface area contributed by atoms with Crippen LogP contribution in [-0.4, -0.2) is 28.8 Å². The van der Waals surface area contributed by atoms with Gasteiger partial charge in [0.1, 0.15) is 16.8 Å². The van der Waals surface area contributed by atoms with Gasteiger partial charge in [0, 0.05) is 16.3 Å². The number of nitriles is 1. The molecule has 2 aliphatic rings. The van der Waals surface area contributed by atoms with Crippen LogP contribution in [0.1, 0.15) is 71.2 Å². The molecule has 8 nitrogen and oxygen atoms in total. The van der Waals surface area contributed by atoms with Crippen molar-refractivity contribution in [2.45, 2.75) is 59.4 Å². The molecule has 0 radical (unpaired) electrons. The molecule has 3 aromatic heterocycles. The average molecular weight is 613 g/mol. The number of nitrogens with zero attached hydrogens (tertiary/aromatic N) is 4. The van der Waals surface area contributed by atoms with Crippen LogP contribution < -0.4 is 19.6 Å². The second kappa shape index (κ2) is 11.5. The lowest BCUT2D eigenvalue weighted by atomic mass is 9.95. The molecular weight excluding hydrogens is 581 g/mol. The number of ether oxygens (including phenoxy) is 2. The van der Waals surface area contributed by atoms with Crippen molar-refractivity contribution < 1.29 is 14.3 Å². The van der Waals surface area contributed by atoms with E-state index >= 15 is 0 Å². The Morgan fingerprint density at radius 2 is 1.98 bits per heavy atom. The zero-order valence-electron chi connectivity index (χ0n) is 24.8. The number of benzene rings is 1. The number of fused-ring (bicyclic) bond motifs is 2. The quantitative estimate of drug-likeness (QED) is 0.285. The van der Waals surface area contributed by atoms with Crippen molar-refractivity contribution in [3.63, 3.8) is 0 Å². The largest absolute Gasteiger partial charge is 0.497 e. The predicted octanol–water partition coefficient (Wildman–Crippen LogP) is 5.03. The minimum Gasteiger partial charge on any atom is -0.497 e. The van der Waals surface area contributed by atoms with Gasteiger partial charge in [-0.05, 0) is 94.3 Å². The summed E-state index contributed by atoms with van der Waals surface area (Å²) in [5.74, 6) is 0.123. The van der Waals surface area contributed by atoms with Crippen LogP contribution >= 0.6 is 22.7 Å². The fourth-order valence-corrected chi connectivity index (χ4v) is 8.62. The van der Waals surface area contributed by atoms with Crippen LogP contribution in [0.15, 0.2) is 51.4 Å². The Hall–Kier alpha value is -4.20. The van der Waals surface area contributed by atoms with Gasteiger partial charge in [0.05, 0.1) is 41.1 Å². The third-order valence-corrected chi connectivity index (χ3v) is 10.4. The summed E-state index contributed by atoms with van der Waals surface area (Å²) in [4.78, 5) is 33.8. The normalized spacial score (nSPS) is 16.4. The predicted molar refractivity (Wildman–Crippen MR) is 168 cm³/mol. The fourth-order valence-electron chi connectivity index (χ4n) is 6.13. The van der Waals surface area contributed by atoms with Crippen molar-refractivity contribution in [3.8, 4) is 16.8 Å². The summed E-state index contributed by atoms with van der Waals surface area (Å²) in [6.45, 7) is 7.80. The second-order valence-electron chi connectivity index (χ2n) is 10.7. The molecule has 0 bridgehead atoms. The number of allylic oxidation sites excluding steroid dienone is 1. The van der Waals surface area contributed by atoms with Gasteiger partial charge >= 0.3 is 5.97 Å². The maximum atomic E-state index is 14.1. The van der Waals surface area contributed by atoms with Crippen LogP contribution in [0.3, 0.4) is 0 Å².